The molecular weight excluding hydrogens is 234 g/mol. The summed E-state index contributed by atoms with van der Waals surface area (Å²) in [7, 11) is -0.135. The van der Waals surface area contributed by atoms with Crippen molar-refractivity contribution in [3.63, 3.8) is 0 Å². The van der Waals surface area contributed by atoms with E-state index in [9.17, 15) is 4.21 Å². The molecule has 0 unspecified atom stereocenters. The highest BCUT2D eigenvalue weighted by Crippen LogP contribution is 2.43. The molecule has 0 aromatic carbocycles. The maximum absolute atomic E-state index is 12.6. The van der Waals surface area contributed by atoms with Gasteiger partial charge in [0, 0.05) is 28.3 Å². The lowest BCUT2D eigenvalue weighted by molar-refractivity contribution is -0.0979. The van der Waals surface area contributed by atoms with Crippen molar-refractivity contribution < 1.29 is 8.95 Å². The monoisotopic (exact) mass is 259 g/mol. The number of hydrogen-bond acceptors (Lipinski definition) is 3. The number of hydrogen-bond donors (Lipinski definition) is 0. The van der Waals surface area contributed by atoms with Gasteiger partial charge in [0.2, 0.25) is 0 Å². The molecule has 0 aromatic heterocycles. The van der Waals surface area contributed by atoms with Crippen molar-refractivity contribution >= 4 is 9.73 Å². The van der Waals surface area contributed by atoms with Crippen molar-refractivity contribution in [2.45, 2.75) is 58.1 Å². The van der Waals surface area contributed by atoms with E-state index in [1.165, 1.54) is 0 Å². The normalized spacial score (nSPS) is 39.1. The molecule has 0 N–H and O–H groups in total. The largest absolute Gasteiger partial charge is 0.378 e. The van der Waals surface area contributed by atoms with Crippen LogP contribution in [0.15, 0.2) is 4.36 Å². The van der Waals surface area contributed by atoms with Crippen LogP contribution in [0.2, 0.25) is 0 Å². The van der Waals surface area contributed by atoms with Gasteiger partial charge in [-0.1, -0.05) is 20.8 Å². The lowest BCUT2D eigenvalue weighted by atomic mass is 9.72. The molecule has 4 heteroatoms. The highest BCUT2D eigenvalue weighted by atomic mass is 32.2. The van der Waals surface area contributed by atoms with Crippen LogP contribution >= 0.6 is 0 Å². The van der Waals surface area contributed by atoms with Crippen LogP contribution in [0.1, 0.15) is 46.5 Å². The van der Waals surface area contributed by atoms with E-state index in [1.807, 2.05) is 0 Å². The van der Waals surface area contributed by atoms with E-state index >= 15 is 0 Å². The number of ether oxygens (including phenoxy) is 1. The lowest BCUT2D eigenvalue weighted by Crippen LogP contribution is -2.50. The summed E-state index contributed by atoms with van der Waals surface area (Å²) in [4.78, 5) is 0. The molecule has 100 valence electrons. The van der Waals surface area contributed by atoms with Crippen LogP contribution in [0.5, 0.6) is 0 Å². The van der Waals surface area contributed by atoms with Crippen molar-refractivity contribution in [2.24, 2.45) is 9.78 Å². The van der Waals surface area contributed by atoms with Gasteiger partial charge < -0.3 is 4.74 Å². The Kier molecular flexibility index (Phi) is 3.32. The third-order valence-electron chi connectivity index (χ3n) is 4.30. The van der Waals surface area contributed by atoms with Gasteiger partial charge in [-0.2, -0.15) is 0 Å². The highest BCUT2D eigenvalue weighted by Gasteiger charge is 2.45. The second kappa shape index (κ2) is 4.23. The minimum Gasteiger partial charge on any atom is -0.378 e. The van der Waals surface area contributed by atoms with Gasteiger partial charge in [-0.15, -0.1) is 0 Å². The Morgan fingerprint density at radius 3 is 2.12 bits per heavy atom. The Bertz CT molecular complexity index is 384. The SMILES string of the molecule is COC1(C(C)(C)C)CCS(=O)(=NC2CC2)CC1. The molecule has 1 aliphatic heterocycles. The zero-order valence-corrected chi connectivity index (χ0v) is 12.3. The first-order valence-electron chi connectivity index (χ1n) is 6.57. The van der Waals surface area contributed by atoms with Gasteiger partial charge in [-0.3, -0.25) is 0 Å². The van der Waals surface area contributed by atoms with Crippen molar-refractivity contribution in [3.05, 3.63) is 0 Å². The maximum atomic E-state index is 12.6. The lowest BCUT2D eigenvalue weighted by Gasteiger charge is -2.46. The molecule has 0 spiro atoms. The van der Waals surface area contributed by atoms with Crippen LogP contribution in [0.4, 0.5) is 0 Å². The molecule has 2 rings (SSSR count). The summed E-state index contributed by atoms with van der Waals surface area (Å²) >= 11 is 0. The smallest absolute Gasteiger partial charge is 0.0745 e. The maximum Gasteiger partial charge on any atom is 0.0745 e. The molecule has 1 saturated carbocycles. The standard InChI is InChI=1S/C13H25NO2S/c1-12(2,3)13(16-4)7-9-17(15,10-8-13)14-11-5-6-11/h11H,5-10H2,1-4H3. The average Bonchev–Trinajstić information content (AvgIpc) is 3.01. The average molecular weight is 259 g/mol. The molecule has 0 atom stereocenters. The molecule has 1 aliphatic carbocycles. The van der Waals surface area contributed by atoms with Crippen molar-refractivity contribution in [2.75, 3.05) is 18.6 Å². The summed E-state index contributed by atoms with van der Waals surface area (Å²) in [5.41, 5.74) is -0.0188. The first-order chi connectivity index (χ1) is 7.80. The summed E-state index contributed by atoms with van der Waals surface area (Å²) in [5, 5.41) is 0. The number of nitrogens with zero attached hydrogens (tertiary/aromatic N) is 1. The highest BCUT2D eigenvalue weighted by molar-refractivity contribution is 7.93. The molecule has 2 aliphatic rings. The van der Waals surface area contributed by atoms with E-state index in [0.717, 1.165) is 25.7 Å². The predicted octanol–water partition coefficient (Wildman–Crippen LogP) is 2.84. The van der Waals surface area contributed by atoms with E-state index in [1.54, 1.807) is 7.11 Å². The minimum atomic E-state index is -1.92. The van der Waals surface area contributed by atoms with Crippen molar-refractivity contribution in [1.82, 2.24) is 0 Å². The first-order valence-corrected chi connectivity index (χ1v) is 8.42. The molecule has 0 amide bonds. The Hall–Kier alpha value is -0.0900. The van der Waals surface area contributed by atoms with Gasteiger partial charge in [0.15, 0.2) is 0 Å². The van der Waals surface area contributed by atoms with E-state index in [2.05, 4.69) is 25.1 Å². The first kappa shape index (κ1) is 13.3. The molecule has 2 fully saturated rings. The zero-order chi connectivity index (χ0) is 12.7. The van der Waals surface area contributed by atoms with Gasteiger partial charge >= 0.3 is 0 Å². The molecule has 3 nitrogen and oxygen atoms in total. The Labute approximate surface area is 105 Å². The van der Waals surface area contributed by atoms with E-state index in [4.69, 9.17) is 4.74 Å². The second-order valence-corrected chi connectivity index (χ2v) is 9.04. The summed E-state index contributed by atoms with van der Waals surface area (Å²) in [6, 6.07) is 0.409. The minimum absolute atomic E-state index is 0.0993. The fourth-order valence-corrected chi connectivity index (χ4v) is 5.16. The third kappa shape index (κ3) is 2.68. The summed E-state index contributed by atoms with van der Waals surface area (Å²) in [6.45, 7) is 6.63. The van der Waals surface area contributed by atoms with Crippen LogP contribution in [0.25, 0.3) is 0 Å². The number of rotatable bonds is 2. The van der Waals surface area contributed by atoms with Crippen LogP contribution < -0.4 is 0 Å². The second-order valence-electron chi connectivity index (χ2n) is 6.47. The van der Waals surface area contributed by atoms with Gasteiger partial charge in [-0.05, 0) is 31.1 Å². The van der Waals surface area contributed by atoms with Crippen LogP contribution in [0, 0.1) is 5.41 Å². The predicted molar refractivity (Wildman–Crippen MR) is 71.8 cm³/mol. The fraction of sp³-hybridized carbons (Fsp3) is 1.00. The van der Waals surface area contributed by atoms with Crippen molar-refractivity contribution in [1.29, 1.82) is 0 Å². The fourth-order valence-electron chi connectivity index (χ4n) is 2.69. The molecule has 17 heavy (non-hydrogen) atoms. The summed E-state index contributed by atoms with van der Waals surface area (Å²) in [5.74, 6) is 1.43. The molecule has 0 bridgehead atoms. The van der Waals surface area contributed by atoms with E-state index < -0.39 is 9.73 Å². The topological polar surface area (TPSA) is 38.7 Å². The molecule has 1 saturated heterocycles. The van der Waals surface area contributed by atoms with Gasteiger partial charge in [0.25, 0.3) is 0 Å². The van der Waals surface area contributed by atoms with E-state index in [-0.39, 0.29) is 11.0 Å². The third-order valence-corrected chi connectivity index (χ3v) is 6.66. The Morgan fingerprint density at radius 1 is 1.24 bits per heavy atom. The number of methoxy groups -OCH3 is 1. The molecule has 0 aromatic rings. The van der Waals surface area contributed by atoms with Gasteiger partial charge in [0.05, 0.1) is 11.6 Å². The Morgan fingerprint density at radius 2 is 1.76 bits per heavy atom. The van der Waals surface area contributed by atoms with Crippen LogP contribution in [-0.2, 0) is 14.5 Å². The summed E-state index contributed by atoms with van der Waals surface area (Å²) in [6.07, 6.45) is 4.04. The molecule has 1 heterocycles. The summed E-state index contributed by atoms with van der Waals surface area (Å²) < 4.78 is 22.9. The van der Waals surface area contributed by atoms with Crippen LogP contribution in [-0.4, -0.2) is 34.5 Å². The Balaban J connectivity index is 2.13. The quantitative estimate of drug-likeness (QED) is 0.765. The van der Waals surface area contributed by atoms with Gasteiger partial charge in [-0.25, -0.2) is 8.57 Å². The zero-order valence-electron chi connectivity index (χ0n) is 11.5. The molecular formula is C13H25NO2S. The van der Waals surface area contributed by atoms with E-state index in [0.29, 0.717) is 17.5 Å². The van der Waals surface area contributed by atoms with Gasteiger partial charge in [0.1, 0.15) is 0 Å². The van der Waals surface area contributed by atoms with Crippen LogP contribution in [0.3, 0.4) is 0 Å². The molecule has 0 radical (unpaired) electrons. The van der Waals surface area contributed by atoms with Crippen molar-refractivity contribution in [3.8, 4) is 0 Å².